The average Bonchev–Trinajstić information content (AvgIpc) is 3.02. The number of carbonyl (C=O) groups is 1. The molecule has 3 aromatic heterocycles. The summed E-state index contributed by atoms with van der Waals surface area (Å²) in [4.78, 5) is 20.7. The zero-order valence-electron chi connectivity index (χ0n) is 11.4. The van der Waals surface area contributed by atoms with Gasteiger partial charge in [-0.15, -0.1) is 0 Å². The molecule has 0 unspecified atom stereocenters. The van der Waals surface area contributed by atoms with E-state index in [2.05, 4.69) is 15.3 Å². The molecule has 0 bridgehead atoms. The van der Waals surface area contributed by atoms with Gasteiger partial charge in [-0.3, -0.25) is 14.8 Å². The van der Waals surface area contributed by atoms with E-state index in [0.717, 1.165) is 16.9 Å². The molecule has 0 aliphatic heterocycles. The number of pyridine rings is 2. The fraction of sp³-hybridized carbons (Fsp3) is 0.0625. The maximum absolute atomic E-state index is 12.3. The van der Waals surface area contributed by atoms with Crippen molar-refractivity contribution in [2.75, 3.05) is 5.32 Å². The third-order valence-corrected chi connectivity index (χ3v) is 3.77. The zero-order chi connectivity index (χ0) is 14.7. The lowest BCUT2D eigenvalue weighted by atomic mass is 10.1. The lowest BCUT2D eigenvalue weighted by molar-refractivity contribution is 0.102. The van der Waals surface area contributed by atoms with Crippen LogP contribution in [0.5, 0.6) is 0 Å². The van der Waals surface area contributed by atoms with Crippen LogP contribution in [-0.4, -0.2) is 15.9 Å². The number of hydrogen-bond acceptors (Lipinski definition) is 4. The number of rotatable bonds is 3. The predicted octanol–water partition coefficient (Wildman–Crippen LogP) is 3.77. The first-order valence-electron chi connectivity index (χ1n) is 6.45. The Morgan fingerprint density at radius 2 is 1.95 bits per heavy atom. The van der Waals surface area contributed by atoms with Crippen LogP contribution in [0.2, 0.25) is 0 Å². The monoisotopic (exact) mass is 295 g/mol. The van der Waals surface area contributed by atoms with Crippen molar-refractivity contribution in [3.05, 3.63) is 64.7 Å². The first-order valence-corrected chi connectivity index (χ1v) is 7.40. The van der Waals surface area contributed by atoms with Gasteiger partial charge in [-0.25, -0.2) is 0 Å². The molecular weight excluding hydrogens is 282 g/mol. The molecule has 0 atom stereocenters. The Morgan fingerprint density at radius 1 is 1.14 bits per heavy atom. The van der Waals surface area contributed by atoms with Gasteiger partial charge in [-0.1, -0.05) is 0 Å². The highest BCUT2D eigenvalue weighted by Gasteiger charge is 2.11. The molecule has 3 rings (SSSR count). The highest BCUT2D eigenvalue weighted by molar-refractivity contribution is 7.08. The molecule has 0 saturated carbocycles. The van der Waals surface area contributed by atoms with Crippen LogP contribution >= 0.6 is 11.3 Å². The molecule has 0 fully saturated rings. The Labute approximate surface area is 126 Å². The minimum Gasteiger partial charge on any atom is -0.322 e. The van der Waals surface area contributed by atoms with Gasteiger partial charge in [0.25, 0.3) is 5.91 Å². The number of amides is 1. The van der Waals surface area contributed by atoms with Crippen molar-refractivity contribution in [1.82, 2.24) is 9.97 Å². The predicted molar refractivity (Wildman–Crippen MR) is 84.5 cm³/mol. The van der Waals surface area contributed by atoms with Gasteiger partial charge in [0.1, 0.15) is 0 Å². The first-order chi connectivity index (χ1) is 10.2. The van der Waals surface area contributed by atoms with Crippen molar-refractivity contribution in [1.29, 1.82) is 0 Å². The van der Waals surface area contributed by atoms with Gasteiger partial charge >= 0.3 is 0 Å². The summed E-state index contributed by atoms with van der Waals surface area (Å²) in [6, 6.07) is 9.20. The van der Waals surface area contributed by atoms with Crippen LogP contribution in [-0.2, 0) is 0 Å². The van der Waals surface area contributed by atoms with Gasteiger partial charge in [0.2, 0.25) is 0 Å². The first kappa shape index (κ1) is 13.5. The second-order valence-corrected chi connectivity index (χ2v) is 5.31. The van der Waals surface area contributed by atoms with Crippen LogP contribution in [0.15, 0.2) is 53.5 Å². The van der Waals surface area contributed by atoms with E-state index >= 15 is 0 Å². The van der Waals surface area contributed by atoms with E-state index in [1.807, 2.05) is 35.9 Å². The molecule has 3 heterocycles. The smallest absolute Gasteiger partial charge is 0.257 e. The molecule has 5 heteroatoms. The number of aromatic nitrogens is 2. The van der Waals surface area contributed by atoms with Crippen molar-refractivity contribution >= 4 is 22.9 Å². The third kappa shape index (κ3) is 2.98. The summed E-state index contributed by atoms with van der Waals surface area (Å²) in [6.07, 6.45) is 3.28. The van der Waals surface area contributed by atoms with E-state index in [1.165, 1.54) is 0 Å². The standard InChI is InChI=1S/C16H13N3OS/c1-11-14(16(20)19-13-4-7-17-8-5-13)2-3-15(18-11)12-6-9-21-10-12/h2-10H,1H3,(H,17,19,20). The Morgan fingerprint density at radius 3 is 2.62 bits per heavy atom. The SMILES string of the molecule is Cc1nc(-c2ccsc2)ccc1C(=O)Nc1ccncc1. The third-order valence-electron chi connectivity index (χ3n) is 3.09. The molecule has 104 valence electrons. The van der Waals surface area contributed by atoms with Crippen LogP contribution in [0.4, 0.5) is 5.69 Å². The summed E-state index contributed by atoms with van der Waals surface area (Å²) in [5.74, 6) is -0.164. The highest BCUT2D eigenvalue weighted by Crippen LogP contribution is 2.21. The van der Waals surface area contributed by atoms with Gasteiger partial charge in [-0.05, 0) is 42.6 Å². The lowest BCUT2D eigenvalue weighted by Crippen LogP contribution is -2.14. The lowest BCUT2D eigenvalue weighted by Gasteiger charge is -2.08. The minimum atomic E-state index is -0.164. The Kier molecular flexibility index (Phi) is 3.75. The molecule has 0 spiro atoms. The second-order valence-electron chi connectivity index (χ2n) is 4.53. The van der Waals surface area contributed by atoms with Crippen molar-refractivity contribution < 1.29 is 4.79 Å². The summed E-state index contributed by atoms with van der Waals surface area (Å²) in [6.45, 7) is 1.84. The number of anilines is 1. The quantitative estimate of drug-likeness (QED) is 0.800. The normalized spacial score (nSPS) is 10.3. The Balaban J connectivity index is 1.84. The van der Waals surface area contributed by atoms with E-state index in [0.29, 0.717) is 11.3 Å². The van der Waals surface area contributed by atoms with Crippen LogP contribution in [0.25, 0.3) is 11.3 Å². The topological polar surface area (TPSA) is 54.9 Å². The van der Waals surface area contributed by atoms with E-state index < -0.39 is 0 Å². The fourth-order valence-electron chi connectivity index (χ4n) is 2.01. The van der Waals surface area contributed by atoms with Gasteiger partial charge in [0, 0.05) is 29.0 Å². The largest absolute Gasteiger partial charge is 0.322 e. The molecule has 0 saturated heterocycles. The minimum absolute atomic E-state index is 0.164. The van der Waals surface area contributed by atoms with Crippen molar-refractivity contribution in [2.24, 2.45) is 0 Å². The highest BCUT2D eigenvalue weighted by atomic mass is 32.1. The van der Waals surface area contributed by atoms with E-state index in [-0.39, 0.29) is 5.91 Å². The molecule has 0 aliphatic rings. The molecule has 1 N–H and O–H groups in total. The number of thiophene rings is 1. The summed E-state index contributed by atoms with van der Waals surface area (Å²) in [5.41, 5.74) is 3.96. The van der Waals surface area contributed by atoms with Crippen LogP contribution < -0.4 is 5.32 Å². The number of nitrogens with one attached hydrogen (secondary N) is 1. The fourth-order valence-corrected chi connectivity index (χ4v) is 2.66. The summed E-state index contributed by atoms with van der Waals surface area (Å²) in [7, 11) is 0. The maximum Gasteiger partial charge on any atom is 0.257 e. The van der Waals surface area contributed by atoms with Gasteiger partial charge < -0.3 is 5.32 Å². The molecule has 1 amide bonds. The molecule has 0 radical (unpaired) electrons. The maximum atomic E-state index is 12.3. The molecule has 3 aromatic rings. The van der Waals surface area contributed by atoms with Crippen molar-refractivity contribution in [3.63, 3.8) is 0 Å². The summed E-state index contributed by atoms with van der Waals surface area (Å²) in [5, 5.41) is 6.89. The molecule has 4 nitrogen and oxygen atoms in total. The molecule has 21 heavy (non-hydrogen) atoms. The number of aryl methyl sites for hydroxylation is 1. The molecule has 0 aromatic carbocycles. The zero-order valence-corrected chi connectivity index (χ0v) is 12.2. The average molecular weight is 295 g/mol. The van der Waals surface area contributed by atoms with E-state index in [9.17, 15) is 4.79 Å². The molecular formula is C16H13N3OS. The van der Waals surface area contributed by atoms with Crippen LogP contribution in [0, 0.1) is 6.92 Å². The van der Waals surface area contributed by atoms with E-state index in [4.69, 9.17) is 0 Å². The number of hydrogen-bond donors (Lipinski definition) is 1. The second kappa shape index (κ2) is 5.85. The summed E-state index contributed by atoms with van der Waals surface area (Å²) >= 11 is 1.63. The van der Waals surface area contributed by atoms with Crippen LogP contribution in [0.3, 0.4) is 0 Å². The van der Waals surface area contributed by atoms with Gasteiger partial charge in [-0.2, -0.15) is 11.3 Å². The Bertz CT molecular complexity index is 754. The number of carbonyl (C=O) groups excluding carboxylic acids is 1. The van der Waals surface area contributed by atoms with Gasteiger partial charge in [0.05, 0.1) is 17.0 Å². The van der Waals surface area contributed by atoms with Gasteiger partial charge in [0.15, 0.2) is 0 Å². The van der Waals surface area contributed by atoms with E-state index in [1.54, 1.807) is 35.9 Å². The van der Waals surface area contributed by atoms with Crippen molar-refractivity contribution in [2.45, 2.75) is 6.92 Å². The number of nitrogens with zero attached hydrogens (tertiary/aromatic N) is 2. The summed E-state index contributed by atoms with van der Waals surface area (Å²) < 4.78 is 0. The molecule has 0 aliphatic carbocycles. The Hall–Kier alpha value is -2.53. The van der Waals surface area contributed by atoms with Crippen LogP contribution in [0.1, 0.15) is 16.1 Å². The van der Waals surface area contributed by atoms with Crippen molar-refractivity contribution in [3.8, 4) is 11.3 Å².